The van der Waals surface area contributed by atoms with E-state index in [-0.39, 0.29) is 18.6 Å². The number of fused-ring (bicyclic) bond motifs is 5. The number of amides is 1. The van der Waals surface area contributed by atoms with Gasteiger partial charge < -0.3 is 34.1 Å². The molecule has 0 spiro atoms. The van der Waals surface area contributed by atoms with E-state index in [4.69, 9.17) is 23.7 Å². The molecule has 3 aliphatic carbocycles. The zero-order chi connectivity index (χ0) is 44.9. The number of ether oxygens (including phenoxy) is 5. The molecule has 13 heteroatoms. The number of nitrogens with one attached hydrogen (secondary N) is 1. The summed E-state index contributed by atoms with van der Waals surface area (Å²) in [6, 6.07) is 24.0. The average molecular weight is 850 g/mol. The van der Waals surface area contributed by atoms with Crippen LogP contribution in [-0.4, -0.2) is 83.4 Å². The molecule has 3 aromatic rings. The lowest BCUT2D eigenvalue weighted by Gasteiger charge is -2.68. The van der Waals surface area contributed by atoms with Crippen LogP contribution in [0.4, 0.5) is 0 Å². The Labute approximate surface area is 361 Å². The lowest BCUT2D eigenvalue weighted by Crippen LogP contribution is -2.79. The second kappa shape index (κ2) is 16.6. The molecule has 1 heterocycles. The van der Waals surface area contributed by atoms with Gasteiger partial charge in [0.2, 0.25) is 0 Å². The number of aliphatic hydroxyl groups is 1. The maximum absolute atomic E-state index is 15.7. The maximum Gasteiger partial charge on any atom is 0.338 e. The van der Waals surface area contributed by atoms with Gasteiger partial charge >= 0.3 is 23.9 Å². The lowest BCUT2D eigenvalue weighted by atomic mass is 9.41. The van der Waals surface area contributed by atoms with Gasteiger partial charge in [0.25, 0.3) is 5.91 Å². The topological polar surface area (TPSA) is 181 Å². The highest BCUT2D eigenvalue weighted by molar-refractivity contribution is 5.96. The molecule has 7 rings (SSSR count). The number of benzene rings is 3. The summed E-state index contributed by atoms with van der Waals surface area (Å²) in [4.78, 5) is 84.3. The van der Waals surface area contributed by atoms with E-state index in [9.17, 15) is 29.1 Å². The van der Waals surface area contributed by atoms with Crippen molar-refractivity contribution in [3.63, 3.8) is 0 Å². The van der Waals surface area contributed by atoms with Crippen LogP contribution in [0, 0.1) is 28.1 Å². The molecule has 1 saturated heterocycles. The minimum absolute atomic E-state index is 0.0173. The number of aliphatic hydroxyl groups excluding tert-OH is 1. The smallest absolute Gasteiger partial charge is 0.338 e. The van der Waals surface area contributed by atoms with E-state index in [2.05, 4.69) is 5.32 Å². The van der Waals surface area contributed by atoms with E-state index in [1.807, 2.05) is 27.7 Å². The molecule has 1 unspecified atom stereocenters. The van der Waals surface area contributed by atoms with Crippen LogP contribution in [0.5, 0.6) is 0 Å². The summed E-state index contributed by atoms with van der Waals surface area (Å²) >= 11 is 0. The lowest BCUT2D eigenvalue weighted by molar-refractivity contribution is -0.334. The number of hydrogen-bond acceptors (Lipinski definition) is 12. The first-order chi connectivity index (χ1) is 29.3. The standard InChI is InChI=1S/C49H55NO12/c1-27-24-35-49(26-58-35,62-30(4)52)40-42(61-44(56)33-22-16-11-17-23-33)47(7)25-34(28(2)36(46(47,5)6)39(59-29(3)51)41(54)48(27,40)8)60-45(57)38(53)37(31-18-12-9-13-19-31)50-43(55)32-20-14-10-15-21-32/h9-23,27,34-35,37-40,42,53H,24-26H2,1-8H3,(H,50,55)/t27-,34+,35+,37+,38+,39+,40?,42+,47-,48+,49+/m0/s1. The van der Waals surface area contributed by atoms with Gasteiger partial charge in [0, 0.05) is 30.2 Å². The van der Waals surface area contributed by atoms with Gasteiger partial charge in [0.05, 0.1) is 24.1 Å². The van der Waals surface area contributed by atoms with Crippen LogP contribution in [0.3, 0.4) is 0 Å². The molecular formula is C49H55NO12. The van der Waals surface area contributed by atoms with E-state index < -0.39 is 106 Å². The molecule has 4 aliphatic rings. The Balaban J connectivity index is 1.39. The zero-order valence-electron chi connectivity index (χ0n) is 36.3. The van der Waals surface area contributed by atoms with Crippen molar-refractivity contribution in [2.24, 2.45) is 28.1 Å². The second-order valence-corrected chi connectivity index (χ2v) is 18.2. The Kier molecular flexibility index (Phi) is 11.9. The SMILES string of the molecule is CC(=O)O[C@H]1C(=O)[C@@]2(C)C([C@@H](OC(=O)c3ccccc3)[C@]3(C)C[C@@H](OC(=O)[C@H](O)[C@H](NC(=O)c4ccccc4)c4ccccc4)C(C)=C1C3(C)C)[C@@]1(OC(C)=O)CO[C@@H]1C[C@@H]2C. The van der Waals surface area contributed by atoms with Gasteiger partial charge in [-0.25, -0.2) is 9.59 Å². The molecule has 1 aliphatic heterocycles. The van der Waals surface area contributed by atoms with Crippen molar-refractivity contribution >= 4 is 35.6 Å². The number of Topliss-reactive ketones (excluding diaryl/α,β-unsaturated/α-hetero) is 1. The number of esters is 4. The van der Waals surface area contributed by atoms with Crippen LogP contribution in [0.25, 0.3) is 0 Å². The van der Waals surface area contributed by atoms with Gasteiger partial charge in [-0.15, -0.1) is 0 Å². The van der Waals surface area contributed by atoms with Gasteiger partial charge in [-0.3, -0.25) is 19.2 Å². The zero-order valence-corrected chi connectivity index (χ0v) is 36.3. The highest BCUT2D eigenvalue weighted by Gasteiger charge is 2.77. The van der Waals surface area contributed by atoms with Crippen LogP contribution in [0.15, 0.2) is 102 Å². The van der Waals surface area contributed by atoms with Crippen molar-refractivity contribution in [2.45, 2.75) is 110 Å². The van der Waals surface area contributed by atoms with E-state index in [0.717, 1.165) is 0 Å². The molecule has 2 bridgehead atoms. The third-order valence-corrected chi connectivity index (χ3v) is 14.6. The van der Waals surface area contributed by atoms with Gasteiger partial charge in [0.15, 0.2) is 23.6 Å². The number of rotatable bonds is 10. The number of hydrogen-bond donors (Lipinski definition) is 2. The van der Waals surface area contributed by atoms with Crippen LogP contribution in [-0.2, 0) is 42.9 Å². The number of carbonyl (C=O) groups excluding carboxylic acids is 6. The molecule has 13 nitrogen and oxygen atoms in total. The fraction of sp³-hybridized carbons (Fsp3) is 0.469. The fourth-order valence-corrected chi connectivity index (χ4v) is 10.8. The second-order valence-electron chi connectivity index (χ2n) is 18.2. The quantitative estimate of drug-likeness (QED) is 0.133. The Morgan fingerprint density at radius 2 is 1.39 bits per heavy atom. The van der Waals surface area contributed by atoms with E-state index >= 15 is 4.79 Å². The fourth-order valence-electron chi connectivity index (χ4n) is 10.8. The Hall–Kier alpha value is -5.66. The summed E-state index contributed by atoms with van der Waals surface area (Å²) in [6.07, 6.45) is -6.18. The summed E-state index contributed by atoms with van der Waals surface area (Å²) < 4.78 is 31.5. The van der Waals surface area contributed by atoms with Crippen LogP contribution >= 0.6 is 0 Å². The highest BCUT2D eigenvalue weighted by atomic mass is 16.6. The van der Waals surface area contributed by atoms with Crippen molar-refractivity contribution in [3.8, 4) is 0 Å². The molecule has 0 radical (unpaired) electrons. The largest absolute Gasteiger partial charge is 0.458 e. The molecule has 1 amide bonds. The first-order valence-electron chi connectivity index (χ1n) is 21.1. The van der Waals surface area contributed by atoms with Gasteiger partial charge in [0.1, 0.15) is 18.3 Å². The van der Waals surface area contributed by atoms with E-state index in [0.29, 0.717) is 28.7 Å². The minimum Gasteiger partial charge on any atom is -0.458 e. The van der Waals surface area contributed by atoms with Crippen molar-refractivity contribution in [1.29, 1.82) is 0 Å². The summed E-state index contributed by atoms with van der Waals surface area (Å²) in [6.45, 7) is 13.4. The van der Waals surface area contributed by atoms with Crippen LogP contribution in [0.2, 0.25) is 0 Å². The summed E-state index contributed by atoms with van der Waals surface area (Å²) in [7, 11) is 0. The number of ketones is 1. The number of carbonyl (C=O) groups is 6. The highest BCUT2D eigenvalue weighted by Crippen LogP contribution is 2.68. The molecule has 62 heavy (non-hydrogen) atoms. The van der Waals surface area contributed by atoms with Gasteiger partial charge in [-0.2, -0.15) is 0 Å². The minimum atomic E-state index is -1.92. The molecule has 0 aromatic heterocycles. The molecule has 2 N–H and O–H groups in total. The predicted molar refractivity (Wildman–Crippen MR) is 224 cm³/mol. The normalized spacial score (nSPS) is 31.9. The molecule has 2 saturated carbocycles. The van der Waals surface area contributed by atoms with Crippen LogP contribution < -0.4 is 5.32 Å². The molecule has 328 valence electrons. The Morgan fingerprint density at radius 3 is 1.94 bits per heavy atom. The Bertz CT molecular complexity index is 2280. The molecular weight excluding hydrogens is 795 g/mol. The van der Waals surface area contributed by atoms with Crippen molar-refractivity contribution in [3.05, 3.63) is 119 Å². The van der Waals surface area contributed by atoms with Crippen molar-refractivity contribution in [2.75, 3.05) is 6.61 Å². The predicted octanol–water partition coefficient (Wildman–Crippen LogP) is 6.29. The summed E-state index contributed by atoms with van der Waals surface area (Å²) in [5.74, 6) is -5.66. The van der Waals surface area contributed by atoms with E-state index in [1.165, 1.54) is 13.8 Å². The maximum atomic E-state index is 15.7. The van der Waals surface area contributed by atoms with Crippen LogP contribution in [0.1, 0.15) is 101 Å². The molecule has 3 aromatic carbocycles. The first kappa shape index (κ1) is 44.4. The van der Waals surface area contributed by atoms with Crippen molar-refractivity contribution in [1.82, 2.24) is 5.32 Å². The molecule has 11 atom stereocenters. The summed E-state index contributed by atoms with van der Waals surface area (Å²) in [5.41, 5.74) is -3.56. The monoisotopic (exact) mass is 849 g/mol. The van der Waals surface area contributed by atoms with E-state index in [1.54, 1.807) is 105 Å². The van der Waals surface area contributed by atoms with Gasteiger partial charge in [-0.05, 0) is 72.1 Å². The Morgan fingerprint density at radius 1 is 0.806 bits per heavy atom. The third kappa shape index (κ3) is 7.32. The summed E-state index contributed by atoms with van der Waals surface area (Å²) in [5, 5.41) is 14.7. The molecule has 3 fully saturated rings. The average Bonchev–Trinajstić information content (AvgIpc) is 3.24. The van der Waals surface area contributed by atoms with Gasteiger partial charge in [-0.1, -0.05) is 101 Å². The third-order valence-electron chi connectivity index (χ3n) is 14.6. The first-order valence-corrected chi connectivity index (χ1v) is 21.1. The van der Waals surface area contributed by atoms with Crippen molar-refractivity contribution < 1.29 is 57.6 Å².